The number of nitrogens with zero attached hydrogens (tertiary/aromatic N) is 1. The van der Waals surface area contributed by atoms with Gasteiger partial charge < -0.3 is 0 Å². The lowest BCUT2D eigenvalue weighted by Gasteiger charge is -2.20. The second-order valence-electron chi connectivity index (χ2n) is 5.81. The number of aryl methyl sites for hydroxylation is 2. The number of fused-ring (bicyclic) bond motifs is 1. The molecule has 3 rings (SSSR count). The fourth-order valence-electron chi connectivity index (χ4n) is 3.16. The Morgan fingerprint density at radius 1 is 1.20 bits per heavy atom. The van der Waals surface area contributed by atoms with Gasteiger partial charge in [0.05, 0.1) is 11.6 Å². The molecular formula is C15H20FNO2S. The summed E-state index contributed by atoms with van der Waals surface area (Å²) in [7, 11) is -3.45. The highest BCUT2D eigenvalue weighted by atomic mass is 32.2. The summed E-state index contributed by atoms with van der Waals surface area (Å²) in [5, 5.41) is 0. The van der Waals surface area contributed by atoms with Crippen molar-refractivity contribution in [2.24, 2.45) is 5.92 Å². The second-order valence-corrected chi connectivity index (χ2v) is 7.75. The molecule has 1 heterocycles. The zero-order chi connectivity index (χ0) is 14.2. The topological polar surface area (TPSA) is 37.4 Å². The zero-order valence-corrected chi connectivity index (χ0v) is 12.3. The minimum absolute atomic E-state index is 0.137. The fraction of sp³-hybridized carbons (Fsp3) is 0.600. The molecule has 2 aliphatic rings. The van der Waals surface area contributed by atoms with Crippen molar-refractivity contribution in [3.63, 3.8) is 0 Å². The largest absolute Gasteiger partial charge is 0.251 e. The van der Waals surface area contributed by atoms with E-state index in [9.17, 15) is 12.8 Å². The van der Waals surface area contributed by atoms with Crippen molar-refractivity contribution < 1.29 is 12.8 Å². The van der Waals surface area contributed by atoms with Gasteiger partial charge in [0, 0.05) is 19.0 Å². The van der Waals surface area contributed by atoms with Gasteiger partial charge in [-0.15, -0.1) is 0 Å². The molecule has 0 radical (unpaired) electrons. The van der Waals surface area contributed by atoms with Crippen LogP contribution in [0.1, 0.15) is 30.4 Å². The van der Waals surface area contributed by atoms with Crippen LogP contribution in [0.15, 0.2) is 23.1 Å². The molecule has 0 aromatic heterocycles. The van der Waals surface area contributed by atoms with E-state index in [-0.39, 0.29) is 5.92 Å². The maximum atomic E-state index is 12.7. The third kappa shape index (κ3) is 2.49. The Morgan fingerprint density at radius 3 is 2.65 bits per heavy atom. The average molecular weight is 297 g/mol. The Bertz CT molecular complexity index is 600. The van der Waals surface area contributed by atoms with E-state index in [4.69, 9.17) is 0 Å². The highest BCUT2D eigenvalue weighted by Crippen LogP contribution is 2.28. The summed E-state index contributed by atoms with van der Waals surface area (Å²) >= 11 is 0. The highest BCUT2D eigenvalue weighted by Gasteiger charge is 2.32. The molecule has 1 saturated heterocycles. The molecule has 1 fully saturated rings. The first kappa shape index (κ1) is 14.0. The van der Waals surface area contributed by atoms with Crippen molar-refractivity contribution in [3.8, 4) is 0 Å². The van der Waals surface area contributed by atoms with Gasteiger partial charge in [0.1, 0.15) is 0 Å². The van der Waals surface area contributed by atoms with Crippen LogP contribution in [0.5, 0.6) is 0 Å². The lowest BCUT2D eigenvalue weighted by molar-refractivity contribution is 0.366. The third-order valence-corrected chi connectivity index (χ3v) is 6.29. The van der Waals surface area contributed by atoms with Gasteiger partial charge in [-0.05, 0) is 55.4 Å². The summed E-state index contributed by atoms with van der Waals surface area (Å²) < 4.78 is 39.3. The van der Waals surface area contributed by atoms with E-state index in [0.29, 0.717) is 24.4 Å². The number of sulfonamides is 1. The molecular weight excluding hydrogens is 277 g/mol. The standard InChI is InChI=1S/C15H20FNO2S/c16-10-12-7-8-17(11-12)20(18,19)15-6-5-13-3-1-2-4-14(13)9-15/h5-6,9,12H,1-4,7-8,10-11H2. The summed E-state index contributed by atoms with van der Waals surface area (Å²) in [5.74, 6) is -0.137. The highest BCUT2D eigenvalue weighted by molar-refractivity contribution is 7.89. The first-order chi connectivity index (χ1) is 9.61. The van der Waals surface area contributed by atoms with E-state index in [1.165, 1.54) is 21.9 Å². The average Bonchev–Trinajstić information content (AvgIpc) is 2.96. The lowest BCUT2D eigenvalue weighted by atomic mass is 9.92. The van der Waals surface area contributed by atoms with Gasteiger partial charge in [-0.3, -0.25) is 4.39 Å². The summed E-state index contributed by atoms with van der Waals surface area (Å²) in [5.41, 5.74) is 2.44. The van der Waals surface area contributed by atoms with Gasteiger partial charge in [0.15, 0.2) is 0 Å². The Labute approximate surface area is 119 Å². The molecule has 3 nitrogen and oxygen atoms in total. The van der Waals surface area contributed by atoms with E-state index in [1.807, 2.05) is 12.1 Å². The van der Waals surface area contributed by atoms with E-state index in [2.05, 4.69) is 0 Å². The van der Waals surface area contributed by atoms with E-state index in [0.717, 1.165) is 19.3 Å². The molecule has 110 valence electrons. The maximum Gasteiger partial charge on any atom is 0.243 e. The molecule has 0 amide bonds. The summed E-state index contributed by atoms with van der Waals surface area (Å²) in [6, 6.07) is 5.49. The molecule has 1 aromatic carbocycles. The lowest BCUT2D eigenvalue weighted by Crippen LogP contribution is -2.29. The molecule has 0 bridgehead atoms. The van der Waals surface area contributed by atoms with Crippen LogP contribution < -0.4 is 0 Å². The first-order valence-electron chi connectivity index (χ1n) is 7.29. The van der Waals surface area contributed by atoms with Crippen LogP contribution in [0, 0.1) is 5.92 Å². The minimum Gasteiger partial charge on any atom is -0.251 e. The van der Waals surface area contributed by atoms with E-state index < -0.39 is 16.7 Å². The van der Waals surface area contributed by atoms with Crippen LogP contribution in [0.4, 0.5) is 4.39 Å². The SMILES string of the molecule is O=S(=O)(c1ccc2c(c1)CCCC2)N1CCC(CF)C1. The van der Waals surface area contributed by atoms with E-state index >= 15 is 0 Å². The van der Waals surface area contributed by atoms with Crippen LogP contribution in [0.25, 0.3) is 0 Å². The van der Waals surface area contributed by atoms with Gasteiger partial charge >= 0.3 is 0 Å². The van der Waals surface area contributed by atoms with Gasteiger partial charge in [-0.2, -0.15) is 4.31 Å². The monoisotopic (exact) mass is 297 g/mol. The van der Waals surface area contributed by atoms with Crippen molar-refractivity contribution in [3.05, 3.63) is 29.3 Å². The van der Waals surface area contributed by atoms with Crippen LogP contribution in [0.2, 0.25) is 0 Å². The van der Waals surface area contributed by atoms with Crippen LogP contribution in [-0.4, -0.2) is 32.5 Å². The van der Waals surface area contributed by atoms with Crippen LogP contribution in [-0.2, 0) is 22.9 Å². The molecule has 1 aliphatic heterocycles. The van der Waals surface area contributed by atoms with Crippen molar-refractivity contribution in [1.29, 1.82) is 0 Å². The van der Waals surface area contributed by atoms with Crippen LogP contribution in [0.3, 0.4) is 0 Å². The fourth-order valence-corrected chi connectivity index (χ4v) is 4.74. The predicted molar refractivity (Wildman–Crippen MR) is 75.9 cm³/mol. The predicted octanol–water partition coefficient (Wildman–Crippen LogP) is 2.55. The molecule has 0 N–H and O–H groups in total. The number of rotatable bonds is 3. The Kier molecular flexibility index (Phi) is 3.82. The van der Waals surface area contributed by atoms with Crippen molar-refractivity contribution in [2.45, 2.75) is 37.0 Å². The van der Waals surface area contributed by atoms with Gasteiger partial charge in [-0.25, -0.2) is 8.42 Å². The Balaban J connectivity index is 1.88. The smallest absolute Gasteiger partial charge is 0.243 e. The number of hydrogen-bond donors (Lipinski definition) is 0. The molecule has 20 heavy (non-hydrogen) atoms. The molecule has 5 heteroatoms. The summed E-state index contributed by atoms with van der Waals surface area (Å²) in [6.45, 7) is 0.320. The molecule has 1 unspecified atom stereocenters. The third-order valence-electron chi connectivity index (χ3n) is 4.42. The van der Waals surface area contributed by atoms with Crippen LogP contribution >= 0.6 is 0 Å². The van der Waals surface area contributed by atoms with Gasteiger partial charge in [-0.1, -0.05) is 6.07 Å². The zero-order valence-electron chi connectivity index (χ0n) is 11.5. The van der Waals surface area contributed by atoms with Gasteiger partial charge in [0.2, 0.25) is 10.0 Å². The molecule has 0 spiro atoms. The summed E-state index contributed by atoms with van der Waals surface area (Å²) in [6.07, 6.45) is 4.95. The van der Waals surface area contributed by atoms with Crippen molar-refractivity contribution in [1.82, 2.24) is 4.31 Å². The number of benzene rings is 1. The Hall–Kier alpha value is -0.940. The minimum atomic E-state index is -3.45. The maximum absolute atomic E-state index is 12.7. The number of hydrogen-bond acceptors (Lipinski definition) is 2. The molecule has 1 aliphatic carbocycles. The second kappa shape index (κ2) is 5.45. The summed E-state index contributed by atoms with van der Waals surface area (Å²) in [4.78, 5) is 0.373. The molecule has 1 atom stereocenters. The van der Waals surface area contributed by atoms with Crippen molar-refractivity contribution in [2.75, 3.05) is 19.8 Å². The van der Waals surface area contributed by atoms with E-state index in [1.54, 1.807) is 6.07 Å². The molecule has 0 saturated carbocycles. The van der Waals surface area contributed by atoms with Gasteiger partial charge in [0.25, 0.3) is 0 Å². The quantitative estimate of drug-likeness (QED) is 0.860. The first-order valence-corrected chi connectivity index (χ1v) is 8.73. The number of halogens is 1. The number of alkyl halides is 1. The Morgan fingerprint density at radius 2 is 1.95 bits per heavy atom. The normalized spacial score (nSPS) is 23.8. The molecule has 1 aromatic rings. The van der Waals surface area contributed by atoms with Crippen molar-refractivity contribution >= 4 is 10.0 Å².